The summed E-state index contributed by atoms with van der Waals surface area (Å²) in [5, 5.41) is 25.6. The molecule has 218 valence electrons. The van der Waals surface area contributed by atoms with Gasteiger partial charge in [-0.2, -0.15) is 0 Å². The molecular formula is C31H43N3O6. The van der Waals surface area contributed by atoms with Gasteiger partial charge in [0.2, 0.25) is 11.8 Å². The van der Waals surface area contributed by atoms with E-state index in [9.17, 15) is 24.6 Å². The number of phenols is 1. The number of nitrogens with one attached hydrogen (secondary N) is 2. The lowest BCUT2D eigenvalue weighted by Crippen LogP contribution is -2.55. The minimum Gasteiger partial charge on any atom is -0.508 e. The van der Waals surface area contributed by atoms with Gasteiger partial charge < -0.3 is 30.5 Å². The maximum Gasteiger partial charge on any atom is 0.408 e. The molecule has 0 spiro atoms. The number of benzene rings is 2. The van der Waals surface area contributed by atoms with Crippen molar-refractivity contribution in [3.63, 3.8) is 0 Å². The second-order valence-electron chi connectivity index (χ2n) is 11.4. The van der Waals surface area contributed by atoms with Crippen LogP contribution in [0.2, 0.25) is 0 Å². The number of aryl methyl sites for hydroxylation is 1. The molecule has 0 aliphatic heterocycles. The van der Waals surface area contributed by atoms with Crippen LogP contribution in [0.3, 0.4) is 0 Å². The lowest BCUT2D eigenvalue weighted by Gasteiger charge is -2.36. The lowest BCUT2D eigenvalue weighted by atomic mass is 9.93. The van der Waals surface area contributed by atoms with Gasteiger partial charge in [0.1, 0.15) is 23.4 Å². The number of hydrogen-bond acceptors (Lipinski definition) is 6. The summed E-state index contributed by atoms with van der Waals surface area (Å²) in [6.45, 7) is 6.58. The fraction of sp³-hybridized carbons (Fsp3) is 0.516. The third-order valence-corrected chi connectivity index (χ3v) is 6.98. The Morgan fingerprint density at radius 1 is 1.02 bits per heavy atom. The summed E-state index contributed by atoms with van der Waals surface area (Å²) in [5.41, 5.74) is 1.38. The molecule has 1 saturated carbocycles. The van der Waals surface area contributed by atoms with E-state index in [4.69, 9.17) is 4.74 Å². The lowest BCUT2D eigenvalue weighted by molar-refractivity contribution is -0.143. The van der Waals surface area contributed by atoms with Crippen molar-refractivity contribution in [3.05, 3.63) is 65.2 Å². The minimum absolute atomic E-state index is 0.0199. The Hall–Kier alpha value is -3.59. The Morgan fingerprint density at radius 2 is 1.68 bits per heavy atom. The molecule has 2 atom stereocenters. The van der Waals surface area contributed by atoms with E-state index in [1.54, 1.807) is 32.9 Å². The van der Waals surface area contributed by atoms with Crippen molar-refractivity contribution >= 4 is 17.9 Å². The van der Waals surface area contributed by atoms with Crippen LogP contribution in [-0.4, -0.2) is 63.9 Å². The predicted octanol–water partition coefficient (Wildman–Crippen LogP) is 4.15. The highest BCUT2D eigenvalue weighted by Crippen LogP contribution is 2.27. The van der Waals surface area contributed by atoms with E-state index in [1.807, 2.05) is 31.2 Å². The van der Waals surface area contributed by atoms with Gasteiger partial charge in [-0.1, -0.05) is 55.7 Å². The third-order valence-electron chi connectivity index (χ3n) is 6.98. The molecule has 2 aromatic rings. The monoisotopic (exact) mass is 553 g/mol. The number of aliphatic hydroxyl groups is 1. The van der Waals surface area contributed by atoms with Crippen molar-refractivity contribution in [1.29, 1.82) is 0 Å². The average Bonchev–Trinajstić information content (AvgIpc) is 2.89. The van der Waals surface area contributed by atoms with Crippen molar-refractivity contribution in [2.75, 3.05) is 13.2 Å². The van der Waals surface area contributed by atoms with Gasteiger partial charge in [0.05, 0.1) is 6.61 Å². The second kappa shape index (κ2) is 14.2. The summed E-state index contributed by atoms with van der Waals surface area (Å²) < 4.78 is 5.44. The number of aliphatic hydroxyl groups excluding tert-OH is 1. The van der Waals surface area contributed by atoms with Crippen molar-refractivity contribution < 1.29 is 29.3 Å². The summed E-state index contributed by atoms with van der Waals surface area (Å²) in [6, 6.07) is 11.6. The van der Waals surface area contributed by atoms with E-state index in [1.165, 1.54) is 17.0 Å². The average molecular weight is 554 g/mol. The van der Waals surface area contributed by atoms with E-state index in [-0.39, 0.29) is 37.3 Å². The van der Waals surface area contributed by atoms with Crippen LogP contribution in [-0.2, 0) is 20.7 Å². The van der Waals surface area contributed by atoms with Gasteiger partial charge in [0.25, 0.3) is 0 Å². The first kappa shape index (κ1) is 30.9. The zero-order chi connectivity index (χ0) is 29.3. The van der Waals surface area contributed by atoms with Crippen LogP contribution < -0.4 is 10.6 Å². The summed E-state index contributed by atoms with van der Waals surface area (Å²) >= 11 is 0. The fourth-order valence-electron chi connectivity index (χ4n) is 5.06. The number of nitrogens with zero attached hydrogens (tertiary/aromatic N) is 1. The number of carbonyl (C=O) groups is 3. The van der Waals surface area contributed by atoms with Crippen molar-refractivity contribution in [1.82, 2.24) is 15.5 Å². The molecule has 1 aliphatic carbocycles. The summed E-state index contributed by atoms with van der Waals surface area (Å²) in [5.74, 6) is -0.767. The highest BCUT2D eigenvalue weighted by atomic mass is 16.6. The third kappa shape index (κ3) is 8.98. The molecular weight excluding hydrogens is 510 g/mol. The molecule has 1 aliphatic rings. The molecule has 4 N–H and O–H groups in total. The fourth-order valence-corrected chi connectivity index (χ4v) is 5.06. The number of rotatable bonds is 10. The highest BCUT2D eigenvalue weighted by molar-refractivity contribution is 5.92. The molecule has 40 heavy (non-hydrogen) atoms. The summed E-state index contributed by atoms with van der Waals surface area (Å²) in [4.78, 5) is 42.3. The first-order chi connectivity index (χ1) is 19.0. The largest absolute Gasteiger partial charge is 0.508 e. The van der Waals surface area contributed by atoms with Crippen molar-refractivity contribution in [3.8, 4) is 5.75 Å². The van der Waals surface area contributed by atoms with Gasteiger partial charge in [-0.3, -0.25) is 9.59 Å². The topological polar surface area (TPSA) is 128 Å². The van der Waals surface area contributed by atoms with Gasteiger partial charge in [-0.25, -0.2) is 4.79 Å². The quantitative estimate of drug-likeness (QED) is 0.350. The number of carbonyl (C=O) groups excluding carboxylic acids is 3. The molecule has 3 amide bonds. The number of alkyl carbamates (subject to hydrolysis) is 1. The Balaban J connectivity index is 1.99. The first-order valence-corrected chi connectivity index (χ1v) is 14.0. The summed E-state index contributed by atoms with van der Waals surface area (Å²) in [6.07, 6.45) is 4.28. The smallest absolute Gasteiger partial charge is 0.408 e. The molecule has 0 radical (unpaired) electrons. The molecule has 2 unspecified atom stereocenters. The van der Waals surface area contributed by atoms with E-state index >= 15 is 0 Å². The Labute approximate surface area is 236 Å². The summed E-state index contributed by atoms with van der Waals surface area (Å²) in [7, 11) is 0. The number of phenolic OH excluding ortho intramolecular Hbond substituents is 1. The van der Waals surface area contributed by atoms with Gasteiger partial charge in [-0.15, -0.1) is 0 Å². The maximum atomic E-state index is 14.2. The SMILES string of the molecule is Cc1ccccc1C(C(=O)NC1CCCCC1)N(CCO)C(=O)C(Cc1ccc(O)cc1)NC(=O)OC(C)(C)C. The van der Waals surface area contributed by atoms with Crippen molar-refractivity contribution in [2.45, 2.75) is 89.9 Å². The molecule has 0 heterocycles. The van der Waals surface area contributed by atoms with Gasteiger partial charge in [0.15, 0.2) is 0 Å². The van der Waals surface area contributed by atoms with Gasteiger partial charge >= 0.3 is 6.09 Å². The maximum absolute atomic E-state index is 14.2. The van der Waals surface area contributed by atoms with Crippen LogP contribution in [0.25, 0.3) is 0 Å². The number of hydrogen-bond donors (Lipinski definition) is 4. The van der Waals surface area contributed by atoms with E-state index in [2.05, 4.69) is 10.6 Å². The highest BCUT2D eigenvalue weighted by Gasteiger charge is 2.37. The van der Waals surface area contributed by atoms with Crippen LogP contribution in [0, 0.1) is 6.92 Å². The Bertz CT molecular complexity index is 1140. The van der Waals surface area contributed by atoms with Gasteiger partial charge in [-0.05, 0) is 69.4 Å². The molecule has 0 aromatic heterocycles. The van der Waals surface area contributed by atoms with Gasteiger partial charge in [0, 0.05) is 19.0 Å². The Kier molecular flexibility index (Phi) is 11.0. The zero-order valence-electron chi connectivity index (χ0n) is 24.0. The second-order valence-corrected chi connectivity index (χ2v) is 11.4. The van der Waals surface area contributed by atoms with Crippen LogP contribution in [0.4, 0.5) is 4.79 Å². The number of amides is 3. The van der Waals surface area contributed by atoms with Crippen LogP contribution in [0.5, 0.6) is 5.75 Å². The first-order valence-electron chi connectivity index (χ1n) is 14.0. The number of ether oxygens (including phenoxy) is 1. The zero-order valence-corrected chi connectivity index (χ0v) is 24.0. The predicted molar refractivity (Wildman–Crippen MR) is 153 cm³/mol. The molecule has 2 aromatic carbocycles. The minimum atomic E-state index is -1.10. The Morgan fingerprint density at radius 3 is 2.27 bits per heavy atom. The van der Waals surface area contributed by atoms with E-state index in [0.29, 0.717) is 11.1 Å². The number of aromatic hydroxyl groups is 1. The van der Waals surface area contributed by atoms with Crippen LogP contribution >= 0.6 is 0 Å². The molecule has 9 heteroatoms. The van der Waals surface area contributed by atoms with Crippen LogP contribution in [0.15, 0.2) is 48.5 Å². The molecule has 1 fully saturated rings. The molecule has 0 bridgehead atoms. The van der Waals surface area contributed by atoms with E-state index < -0.39 is 29.7 Å². The normalized spacial score (nSPS) is 15.5. The van der Waals surface area contributed by atoms with Crippen molar-refractivity contribution in [2.24, 2.45) is 0 Å². The molecule has 9 nitrogen and oxygen atoms in total. The molecule has 3 rings (SSSR count). The standard InChI is InChI=1S/C31H43N3O6/c1-21-10-8-9-13-25(21)27(28(37)32-23-11-6-5-7-12-23)34(18-19-35)29(38)26(33-30(39)40-31(2,3)4)20-22-14-16-24(36)17-15-22/h8-10,13-17,23,26-27,35-36H,5-7,11-12,18-20H2,1-4H3,(H,32,37)(H,33,39). The molecule has 0 saturated heterocycles. The van der Waals surface area contributed by atoms with E-state index in [0.717, 1.165) is 37.7 Å². The van der Waals surface area contributed by atoms with Crippen LogP contribution in [0.1, 0.15) is 75.6 Å².